The first-order valence-corrected chi connectivity index (χ1v) is 5.38. The summed E-state index contributed by atoms with van der Waals surface area (Å²) in [5.74, 6) is 0.852. The number of oxazole rings is 1. The summed E-state index contributed by atoms with van der Waals surface area (Å²) >= 11 is 1.76. The van der Waals surface area contributed by atoms with Gasteiger partial charge < -0.3 is 4.42 Å². The Balaban J connectivity index is 2.36. The van der Waals surface area contributed by atoms with Crippen molar-refractivity contribution in [3.8, 4) is 10.6 Å². The first-order chi connectivity index (χ1) is 6.57. The van der Waals surface area contributed by atoms with Crippen LogP contribution in [0.25, 0.3) is 10.6 Å². The van der Waals surface area contributed by atoms with Crippen molar-refractivity contribution in [1.29, 1.82) is 0 Å². The minimum Gasteiger partial charge on any atom is -0.443 e. The van der Waals surface area contributed by atoms with E-state index in [9.17, 15) is 0 Å². The number of hydrogen-bond acceptors (Lipinski definition) is 3. The van der Waals surface area contributed by atoms with E-state index >= 15 is 0 Å². The quantitative estimate of drug-likeness (QED) is 0.712. The molecule has 2 nitrogen and oxygen atoms in total. The lowest BCUT2D eigenvalue weighted by Crippen LogP contribution is -2.07. The minimum absolute atomic E-state index is 0.211. The Kier molecular flexibility index (Phi) is 2.19. The lowest BCUT2D eigenvalue weighted by molar-refractivity contribution is 0.573. The van der Waals surface area contributed by atoms with Crippen LogP contribution < -0.4 is 0 Å². The zero-order valence-electron chi connectivity index (χ0n) is 8.57. The van der Waals surface area contributed by atoms with Gasteiger partial charge in [-0.3, -0.25) is 0 Å². The van der Waals surface area contributed by atoms with E-state index in [1.54, 1.807) is 17.5 Å². The van der Waals surface area contributed by atoms with Crippen LogP contribution in [0.2, 0.25) is 0 Å². The second-order valence-electron chi connectivity index (χ2n) is 4.28. The van der Waals surface area contributed by atoms with E-state index in [1.165, 1.54) is 11.3 Å². The molecule has 0 amide bonds. The molecule has 2 aromatic heterocycles. The SMILES string of the molecule is CC(C)(C)c1ccc(-c2cnco2)s1. The molecule has 2 rings (SSSR count). The number of hydrogen-bond donors (Lipinski definition) is 0. The van der Waals surface area contributed by atoms with Gasteiger partial charge in [-0.25, -0.2) is 4.98 Å². The number of thiophene rings is 1. The minimum atomic E-state index is 0.211. The maximum Gasteiger partial charge on any atom is 0.181 e. The fourth-order valence-electron chi connectivity index (χ4n) is 1.21. The Morgan fingerprint density at radius 2 is 2.07 bits per heavy atom. The molecule has 3 heteroatoms. The summed E-state index contributed by atoms with van der Waals surface area (Å²) in [6.07, 6.45) is 3.21. The van der Waals surface area contributed by atoms with Gasteiger partial charge in [-0.05, 0) is 17.5 Å². The molecule has 0 bridgehead atoms. The Bertz CT molecular complexity index is 409. The molecule has 0 atom stereocenters. The van der Waals surface area contributed by atoms with Gasteiger partial charge in [0.15, 0.2) is 12.2 Å². The zero-order chi connectivity index (χ0) is 10.2. The van der Waals surface area contributed by atoms with Gasteiger partial charge in [0.2, 0.25) is 0 Å². The Morgan fingerprint density at radius 1 is 1.29 bits per heavy atom. The molecule has 0 saturated heterocycles. The topological polar surface area (TPSA) is 26.0 Å². The van der Waals surface area contributed by atoms with Crippen LogP contribution in [-0.2, 0) is 5.41 Å². The zero-order valence-corrected chi connectivity index (χ0v) is 9.39. The molecule has 0 radical (unpaired) electrons. The van der Waals surface area contributed by atoms with Gasteiger partial charge in [0, 0.05) is 4.88 Å². The highest BCUT2D eigenvalue weighted by molar-refractivity contribution is 7.15. The second kappa shape index (κ2) is 3.24. The van der Waals surface area contributed by atoms with E-state index in [2.05, 4.69) is 37.9 Å². The van der Waals surface area contributed by atoms with Crippen LogP contribution in [0, 0.1) is 0 Å². The van der Waals surface area contributed by atoms with Gasteiger partial charge in [-0.1, -0.05) is 20.8 Å². The van der Waals surface area contributed by atoms with E-state index < -0.39 is 0 Å². The highest BCUT2D eigenvalue weighted by Gasteiger charge is 2.17. The molecule has 0 saturated carbocycles. The average Bonchev–Trinajstić information content (AvgIpc) is 2.73. The van der Waals surface area contributed by atoms with Crippen molar-refractivity contribution in [2.75, 3.05) is 0 Å². The summed E-state index contributed by atoms with van der Waals surface area (Å²) in [6, 6.07) is 4.24. The highest BCUT2D eigenvalue weighted by atomic mass is 32.1. The first-order valence-electron chi connectivity index (χ1n) is 4.56. The van der Waals surface area contributed by atoms with E-state index in [4.69, 9.17) is 4.42 Å². The number of nitrogens with zero attached hydrogens (tertiary/aromatic N) is 1. The molecule has 14 heavy (non-hydrogen) atoms. The molecular weight excluding hydrogens is 194 g/mol. The summed E-state index contributed by atoms with van der Waals surface area (Å²) in [5, 5.41) is 0. The van der Waals surface area contributed by atoms with Crippen molar-refractivity contribution in [2.24, 2.45) is 0 Å². The highest BCUT2D eigenvalue weighted by Crippen LogP contribution is 2.34. The van der Waals surface area contributed by atoms with Gasteiger partial charge in [-0.15, -0.1) is 11.3 Å². The van der Waals surface area contributed by atoms with Crippen LogP contribution in [0.4, 0.5) is 0 Å². The monoisotopic (exact) mass is 207 g/mol. The van der Waals surface area contributed by atoms with Crippen molar-refractivity contribution in [3.05, 3.63) is 29.6 Å². The maximum absolute atomic E-state index is 5.24. The summed E-state index contributed by atoms with van der Waals surface area (Å²) in [4.78, 5) is 6.42. The molecule has 0 unspecified atom stereocenters. The molecular formula is C11H13NOS. The summed E-state index contributed by atoms with van der Waals surface area (Å²) in [7, 11) is 0. The predicted octanol–water partition coefficient (Wildman–Crippen LogP) is 3.70. The van der Waals surface area contributed by atoms with Gasteiger partial charge in [0.1, 0.15) is 0 Å². The van der Waals surface area contributed by atoms with Crippen LogP contribution in [0.15, 0.2) is 29.1 Å². The molecule has 0 aliphatic carbocycles. The molecule has 0 fully saturated rings. The summed E-state index contributed by atoms with van der Waals surface area (Å²) < 4.78 is 5.24. The van der Waals surface area contributed by atoms with Gasteiger partial charge >= 0.3 is 0 Å². The smallest absolute Gasteiger partial charge is 0.181 e. The van der Waals surface area contributed by atoms with Crippen LogP contribution in [-0.4, -0.2) is 4.98 Å². The molecule has 0 aliphatic heterocycles. The van der Waals surface area contributed by atoms with E-state index in [-0.39, 0.29) is 5.41 Å². The molecule has 2 aromatic rings. The Morgan fingerprint density at radius 3 is 2.57 bits per heavy atom. The third-order valence-electron chi connectivity index (χ3n) is 2.02. The fraction of sp³-hybridized carbons (Fsp3) is 0.364. The molecule has 74 valence electrons. The first kappa shape index (κ1) is 9.46. The van der Waals surface area contributed by atoms with Crippen LogP contribution in [0.3, 0.4) is 0 Å². The van der Waals surface area contributed by atoms with Gasteiger partial charge in [0.05, 0.1) is 11.1 Å². The fourth-order valence-corrected chi connectivity index (χ4v) is 2.23. The number of rotatable bonds is 1. The normalized spacial score (nSPS) is 11.9. The van der Waals surface area contributed by atoms with Crippen molar-refractivity contribution in [1.82, 2.24) is 4.98 Å². The van der Waals surface area contributed by atoms with Crippen LogP contribution in [0.5, 0.6) is 0 Å². The van der Waals surface area contributed by atoms with Crippen LogP contribution >= 0.6 is 11.3 Å². The van der Waals surface area contributed by atoms with Crippen LogP contribution in [0.1, 0.15) is 25.6 Å². The Hall–Kier alpha value is -1.09. The molecule has 0 spiro atoms. The summed E-state index contributed by atoms with van der Waals surface area (Å²) in [6.45, 7) is 6.63. The molecule has 0 aliphatic rings. The average molecular weight is 207 g/mol. The van der Waals surface area contributed by atoms with Gasteiger partial charge in [-0.2, -0.15) is 0 Å². The maximum atomic E-state index is 5.24. The Labute approximate surface area is 87.6 Å². The standard InChI is InChI=1S/C11H13NOS/c1-11(2,3)10-5-4-9(14-10)8-6-12-7-13-8/h4-7H,1-3H3. The largest absolute Gasteiger partial charge is 0.443 e. The lowest BCUT2D eigenvalue weighted by atomic mass is 9.95. The molecule has 0 N–H and O–H groups in total. The summed E-state index contributed by atoms with van der Waals surface area (Å²) in [5.41, 5.74) is 0.211. The van der Waals surface area contributed by atoms with E-state index in [0.29, 0.717) is 0 Å². The molecule has 2 heterocycles. The number of aromatic nitrogens is 1. The van der Waals surface area contributed by atoms with E-state index in [0.717, 1.165) is 10.6 Å². The third kappa shape index (κ3) is 1.73. The second-order valence-corrected chi connectivity index (χ2v) is 5.36. The van der Waals surface area contributed by atoms with Crippen molar-refractivity contribution >= 4 is 11.3 Å². The van der Waals surface area contributed by atoms with Crippen molar-refractivity contribution < 1.29 is 4.42 Å². The third-order valence-corrected chi connectivity index (χ3v) is 3.55. The van der Waals surface area contributed by atoms with Crippen molar-refractivity contribution in [3.63, 3.8) is 0 Å². The van der Waals surface area contributed by atoms with E-state index in [1.807, 2.05) is 0 Å². The van der Waals surface area contributed by atoms with Crippen molar-refractivity contribution in [2.45, 2.75) is 26.2 Å². The molecule has 0 aromatic carbocycles. The van der Waals surface area contributed by atoms with Gasteiger partial charge in [0.25, 0.3) is 0 Å². The predicted molar refractivity (Wildman–Crippen MR) is 58.5 cm³/mol. The lowest BCUT2D eigenvalue weighted by Gasteiger charge is -2.15.